The minimum atomic E-state index is -0.873. The van der Waals surface area contributed by atoms with Crippen LogP contribution in [0.3, 0.4) is 0 Å². The van der Waals surface area contributed by atoms with Crippen LogP contribution in [0.4, 0.5) is 5.69 Å². The molecule has 0 radical (unpaired) electrons. The van der Waals surface area contributed by atoms with Gasteiger partial charge in [-0.2, -0.15) is 0 Å². The van der Waals surface area contributed by atoms with E-state index in [1.54, 1.807) is 4.90 Å². The Morgan fingerprint density at radius 1 is 0.880 bits per heavy atom. The Kier molecular flexibility index (Phi) is 5.33. The van der Waals surface area contributed by atoms with Crippen molar-refractivity contribution >= 4 is 17.6 Å². The highest BCUT2D eigenvalue weighted by Crippen LogP contribution is 2.22. The highest BCUT2D eigenvalue weighted by Gasteiger charge is 2.30. The SMILES string of the molecule is CC(=O)OC(C(=O)N1CCN(c2ccccc2)CC1)c1ccccc1. The Labute approximate surface area is 147 Å². The monoisotopic (exact) mass is 338 g/mol. The van der Waals surface area contributed by atoms with Gasteiger partial charge in [-0.15, -0.1) is 0 Å². The van der Waals surface area contributed by atoms with E-state index in [0.29, 0.717) is 18.7 Å². The molecule has 1 amide bonds. The zero-order valence-corrected chi connectivity index (χ0v) is 14.3. The average Bonchev–Trinajstić information content (AvgIpc) is 2.67. The predicted octanol–water partition coefficient (Wildman–Crippen LogP) is 2.64. The number of esters is 1. The molecule has 0 spiro atoms. The van der Waals surface area contributed by atoms with Crippen molar-refractivity contribution in [2.24, 2.45) is 0 Å². The third-order valence-corrected chi connectivity index (χ3v) is 4.32. The van der Waals surface area contributed by atoms with Gasteiger partial charge in [0.15, 0.2) is 0 Å². The molecule has 1 aliphatic heterocycles. The zero-order valence-electron chi connectivity index (χ0n) is 14.3. The van der Waals surface area contributed by atoms with Gasteiger partial charge in [-0.1, -0.05) is 48.5 Å². The second-order valence-electron chi connectivity index (χ2n) is 6.05. The summed E-state index contributed by atoms with van der Waals surface area (Å²) in [5, 5.41) is 0. The molecule has 130 valence electrons. The van der Waals surface area contributed by atoms with E-state index in [0.717, 1.165) is 18.8 Å². The lowest BCUT2D eigenvalue weighted by molar-refractivity contribution is -0.159. The highest BCUT2D eigenvalue weighted by molar-refractivity contribution is 5.85. The lowest BCUT2D eigenvalue weighted by atomic mass is 10.1. The van der Waals surface area contributed by atoms with Crippen molar-refractivity contribution in [2.45, 2.75) is 13.0 Å². The van der Waals surface area contributed by atoms with Crippen molar-refractivity contribution in [3.63, 3.8) is 0 Å². The van der Waals surface area contributed by atoms with Gasteiger partial charge in [-0.3, -0.25) is 9.59 Å². The number of hydrogen-bond acceptors (Lipinski definition) is 4. The van der Waals surface area contributed by atoms with Gasteiger partial charge in [0.1, 0.15) is 0 Å². The lowest BCUT2D eigenvalue weighted by Crippen LogP contribution is -2.50. The third kappa shape index (κ3) is 4.18. The van der Waals surface area contributed by atoms with E-state index in [2.05, 4.69) is 17.0 Å². The van der Waals surface area contributed by atoms with Crippen LogP contribution in [-0.2, 0) is 14.3 Å². The van der Waals surface area contributed by atoms with Crippen LogP contribution in [0.5, 0.6) is 0 Å². The Hall–Kier alpha value is -2.82. The second kappa shape index (κ2) is 7.83. The minimum absolute atomic E-state index is 0.158. The summed E-state index contributed by atoms with van der Waals surface area (Å²) < 4.78 is 5.32. The van der Waals surface area contributed by atoms with Gasteiger partial charge in [-0.05, 0) is 12.1 Å². The number of para-hydroxylation sites is 1. The van der Waals surface area contributed by atoms with Gasteiger partial charge in [0.2, 0.25) is 6.10 Å². The van der Waals surface area contributed by atoms with E-state index in [-0.39, 0.29) is 5.91 Å². The largest absolute Gasteiger partial charge is 0.447 e. The van der Waals surface area contributed by atoms with Crippen LogP contribution in [0.1, 0.15) is 18.6 Å². The maximum atomic E-state index is 12.9. The normalized spacial score (nSPS) is 15.6. The Morgan fingerprint density at radius 3 is 2.00 bits per heavy atom. The number of amides is 1. The molecular weight excluding hydrogens is 316 g/mol. The Balaban J connectivity index is 1.68. The molecule has 2 aromatic rings. The molecule has 1 atom stereocenters. The highest BCUT2D eigenvalue weighted by atomic mass is 16.5. The van der Waals surface area contributed by atoms with Crippen LogP contribution in [0, 0.1) is 0 Å². The number of hydrogen-bond donors (Lipinski definition) is 0. The summed E-state index contributed by atoms with van der Waals surface area (Å²) in [6.45, 7) is 4.07. The topological polar surface area (TPSA) is 49.9 Å². The smallest absolute Gasteiger partial charge is 0.303 e. The molecule has 1 aliphatic rings. The average molecular weight is 338 g/mol. The number of benzene rings is 2. The van der Waals surface area contributed by atoms with E-state index in [1.165, 1.54) is 6.92 Å². The van der Waals surface area contributed by atoms with Crippen molar-refractivity contribution in [1.29, 1.82) is 0 Å². The summed E-state index contributed by atoms with van der Waals surface area (Å²) in [6.07, 6.45) is -0.873. The van der Waals surface area contributed by atoms with Gasteiger partial charge < -0.3 is 14.5 Å². The maximum Gasteiger partial charge on any atom is 0.303 e. The van der Waals surface area contributed by atoms with E-state index < -0.39 is 12.1 Å². The molecule has 2 aromatic carbocycles. The van der Waals surface area contributed by atoms with Crippen molar-refractivity contribution in [3.8, 4) is 0 Å². The molecule has 0 aliphatic carbocycles. The first-order valence-electron chi connectivity index (χ1n) is 8.46. The number of ether oxygens (including phenoxy) is 1. The molecule has 1 heterocycles. The summed E-state index contributed by atoms with van der Waals surface area (Å²) in [5.74, 6) is -0.612. The summed E-state index contributed by atoms with van der Waals surface area (Å²) in [6, 6.07) is 19.3. The van der Waals surface area contributed by atoms with Crippen LogP contribution in [0.15, 0.2) is 60.7 Å². The van der Waals surface area contributed by atoms with Crippen LogP contribution in [0.25, 0.3) is 0 Å². The van der Waals surface area contributed by atoms with Crippen molar-refractivity contribution in [2.75, 3.05) is 31.1 Å². The molecule has 1 fully saturated rings. The fraction of sp³-hybridized carbons (Fsp3) is 0.300. The van der Waals surface area contributed by atoms with Crippen LogP contribution >= 0.6 is 0 Å². The molecule has 0 saturated carbocycles. The number of anilines is 1. The number of nitrogens with zero attached hydrogens (tertiary/aromatic N) is 2. The zero-order chi connectivity index (χ0) is 17.6. The fourth-order valence-electron chi connectivity index (χ4n) is 3.04. The van der Waals surface area contributed by atoms with Crippen LogP contribution in [0.2, 0.25) is 0 Å². The third-order valence-electron chi connectivity index (χ3n) is 4.32. The molecule has 1 saturated heterocycles. The quantitative estimate of drug-likeness (QED) is 0.804. The van der Waals surface area contributed by atoms with E-state index in [9.17, 15) is 9.59 Å². The van der Waals surface area contributed by atoms with Crippen molar-refractivity contribution in [3.05, 3.63) is 66.2 Å². The van der Waals surface area contributed by atoms with Gasteiger partial charge >= 0.3 is 5.97 Å². The summed E-state index contributed by atoms with van der Waals surface area (Å²) in [7, 11) is 0. The Morgan fingerprint density at radius 2 is 1.44 bits per heavy atom. The number of carbonyl (C=O) groups is 2. The number of piperazine rings is 1. The first-order chi connectivity index (χ1) is 12.1. The number of rotatable bonds is 4. The van der Waals surface area contributed by atoms with E-state index >= 15 is 0 Å². The van der Waals surface area contributed by atoms with Gasteiger partial charge in [0.25, 0.3) is 5.91 Å². The van der Waals surface area contributed by atoms with Crippen molar-refractivity contribution < 1.29 is 14.3 Å². The molecule has 5 nitrogen and oxygen atoms in total. The molecule has 0 aromatic heterocycles. The van der Waals surface area contributed by atoms with E-state index in [4.69, 9.17) is 4.74 Å². The van der Waals surface area contributed by atoms with Gasteiger partial charge in [0, 0.05) is 44.4 Å². The first-order valence-corrected chi connectivity index (χ1v) is 8.46. The predicted molar refractivity (Wildman–Crippen MR) is 96.2 cm³/mol. The molecule has 5 heteroatoms. The molecule has 0 N–H and O–H groups in total. The van der Waals surface area contributed by atoms with Gasteiger partial charge in [-0.25, -0.2) is 0 Å². The number of carbonyl (C=O) groups excluding carboxylic acids is 2. The van der Waals surface area contributed by atoms with Gasteiger partial charge in [0.05, 0.1) is 0 Å². The van der Waals surface area contributed by atoms with Crippen LogP contribution < -0.4 is 4.90 Å². The lowest BCUT2D eigenvalue weighted by Gasteiger charge is -2.37. The van der Waals surface area contributed by atoms with Crippen molar-refractivity contribution in [1.82, 2.24) is 4.90 Å². The molecule has 0 bridgehead atoms. The molecular formula is C20H22N2O3. The Bertz CT molecular complexity index is 710. The summed E-state index contributed by atoms with van der Waals surface area (Å²) in [5.41, 5.74) is 1.86. The standard InChI is InChI=1S/C20H22N2O3/c1-16(23)25-19(17-8-4-2-5-9-17)20(24)22-14-12-21(13-15-22)18-10-6-3-7-11-18/h2-11,19H,12-15H2,1H3. The second-order valence-corrected chi connectivity index (χ2v) is 6.05. The maximum absolute atomic E-state index is 12.9. The molecule has 25 heavy (non-hydrogen) atoms. The fourth-order valence-corrected chi connectivity index (χ4v) is 3.04. The summed E-state index contributed by atoms with van der Waals surface area (Å²) in [4.78, 5) is 28.4. The van der Waals surface area contributed by atoms with E-state index in [1.807, 2.05) is 48.5 Å². The summed E-state index contributed by atoms with van der Waals surface area (Å²) >= 11 is 0. The first kappa shape index (κ1) is 17.0. The molecule has 3 rings (SSSR count). The van der Waals surface area contributed by atoms with Crippen LogP contribution in [-0.4, -0.2) is 43.0 Å². The molecule has 1 unspecified atom stereocenters. The minimum Gasteiger partial charge on any atom is -0.447 e.